The molecule has 0 bridgehead atoms. The van der Waals surface area contributed by atoms with Crippen molar-refractivity contribution in [3.05, 3.63) is 60.2 Å². The summed E-state index contributed by atoms with van der Waals surface area (Å²) in [5.41, 5.74) is 1.20. The fourth-order valence-corrected chi connectivity index (χ4v) is 5.39. The fourth-order valence-electron chi connectivity index (χ4n) is 5.39. The van der Waals surface area contributed by atoms with Crippen LogP contribution in [0.4, 0.5) is 0 Å². The van der Waals surface area contributed by atoms with Crippen molar-refractivity contribution >= 4 is 17.6 Å². The molecule has 1 saturated carbocycles. The highest BCUT2D eigenvalue weighted by atomic mass is 16.6. The maximum Gasteiger partial charge on any atom is 0.251 e. The molecule has 1 aliphatic heterocycles. The SMILES string of the molecule is CC(C)C[C@H](NC(=O)[C@H](CC1CCCCC1)NC(=O)c1cccc(-c2ccccc2)c1)C(=O)[C@]1(CO)CO1. The zero-order valence-corrected chi connectivity index (χ0v) is 22.4. The molecule has 0 unspecified atom stereocenters. The molecule has 2 fully saturated rings. The molecule has 2 amide bonds. The van der Waals surface area contributed by atoms with Crippen molar-refractivity contribution in [3.63, 3.8) is 0 Å². The first-order valence-electron chi connectivity index (χ1n) is 13.9. The lowest BCUT2D eigenvalue weighted by Gasteiger charge is -2.29. The van der Waals surface area contributed by atoms with Gasteiger partial charge in [-0.2, -0.15) is 0 Å². The van der Waals surface area contributed by atoms with Crippen molar-refractivity contribution < 1.29 is 24.2 Å². The van der Waals surface area contributed by atoms with Gasteiger partial charge in [-0.25, -0.2) is 0 Å². The van der Waals surface area contributed by atoms with Crippen molar-refractivity contribution in [2.24, 2.45) is 11.8 Å². The van der Waals surface area contributed by atoms with Crippen LogP contribution in [0.3, 0.4) is 0 Å². The number of hydrogen-bond donors (Lipinski definition) is 3. The predicted octanol–water partition coefficient (Wildman–Crippen LogP) is 4.28. The Bertz CT molecular complexity index is 1110. The Morgan fingerprint density at radius 1 is 0.947 bits per heavy atom. The van der Waals surface area contributed by atoms with Gasteiger partial charge in [0.1, 0.15) is 6.04 Å². The number of ketones is 1. The first-order chi connectivity index (χ1) is 18.3. The Morgan fingerprint density at radius 3 is 2.26 bits per heavy atom. The van der Waals surface area contributed by atoms with E-state index in [0.717, 1.165) is 36.8 Å². The van der Waals surface area contributed by atoms with E-state index in [-0.39, 0.29) is 30.1 Å². The van der Waals surface area contributed by atoms with Crippen molar-refractivity contribution in [3.8, 4) is 11.1 Å². The quantitative estimate of drug-likeness (QED) is 0.362. The number of ether oxygens (including phenoxy) is 1. The highest BCUT2D eigenvalue weighted by Crippen LogP contribution is 2.31. The summed E-state index contributed by atoms with van der Waals surface area (Å²) in [6.45, 7) is 3.71. The molecule has 2 aromatic rings. The Morgan fingerprint density at radius 2 is 1.63 bits per heavy atom. The number of nitrogens with one attached hydrogen (secondary N) is 2. The number of carbonyl (C=O) groups excluding carboxylic acids is 3. The van der Waals surface area contributed by atoms with E-state index >= 15 is 0 Å². The lowest BCUT2D eigenvalue weighted by Crippen LogP contribution is -2.55. The average molecular weight is 521 g/mol. The standard InChI is InChI=1S/C31H40N2O5/c1-21(2)16-26(28(35)31(19-34)20-38-31)32-30(37)27(17-22-10-5-3-6-11-22)33-29(36)25-15-9-14-24(18-25)23-12-7-4-8-13-23/h4,7-9,12-15,18,21-22,26-27,34H,3,5-6,10-11,16-17,19-20H2,1-2H3,(H,32,37)(H,33,36)/t26-,27-,31-/m0/s1. The molecule has 7 heteroatoms. The van der Waals surface area contributed by atoms with Crippen LogP contribution in [0.15, 0.2) is 54.6 Å². The Hall–Kier alpha value is -3.03. The first-order valence-corrected chi connectivity index (χ1v) is 13.9. The number of carbonyl (C=O) groups is 3. The Labute approximate surface area is 225 Å². The van der Waals surface area contributed by atoms with Gasteiger partial charge in [-0.1, -0.05) is 88.4 Å². The molecule has 4 rings (SSSR count). The van der Waals surface area contributed by atoms with Gasteiger partial charge in [0, 0.05) is 5.56 Å². The maximum absolute atomic E-state index is 13.6. The normalized spacial score (nSPS) is 20.9. The smallest absolute Gasteiger partial charge is 0.251 e. The number of epoxide rings is 1. The van der Waals surface area contributed by atoms with Crippen LogP contribution in [0.25, 0.3) is 11.1 Å². The summed E-state index contributed by atoms with van der Waals surface area (Å²) in [7, 11) is 0. The lowest BCUT2D eigenvalue weighted by atomic mass is 9.84. The Balaban J connectivity index is 1.52. The van der Waals surface area contributed by atoms with Gasteiger partial charge in [0.15, 0.2) is 11.4 Å². The molecule has 3 N–H and O–H groups in total. The third kappa shape index (κ3) is 7.08. The van der Waals surface area contributed by atoms with Crippen molar-refractivity contribution in [1.29, 1.82) is 0 Å². The van der Waals surface area contributed by atoms with E-state index in [2.05, 4.69) is 10.6 Å². The molecule has 0 spiro atoms. The third-order valence-corrected chi connectivity index (χ3v) is 7.68. The largest absolute Gasteiger partial charge is 0.393 e. The Kier molecular flexibility index (Phi) is 9.34. The van der Waals surface area contributed by atoms with Gasteiger partial charge >= 0.3 is 0 Å². The van der Waals surface area contributed by atoms with Crippen LogP contribution in [0.2, 0.25) is 0 Å². The van der Waals surface area contributed by atoms with Crippen LogP contribution in [-0.2, 0) is 14.3 Å². The monoisotopic (exact) mass is 520 g/mol. The molecule has 3 atom stereocenters. The number of rotatable bonds is 12. The zero-order valence-electron chi connectivity index (χ0n) is 22.4. The highest BCUT2D eigenvalue weighted by Gasteiger charge is 2.54. The maximum atomic E-state index is 13.6. The second-order valence-electron chi connectivity index (χ2n) is 11.2. The molecular formula is C31H40N2O5. The van der Waals surface area contributed by atoms with Crippen LogP contribution in [0.1, 0.15) is 69.2 Å². The van der Waals surface area contributed by atoms with Crippen LogP contribution < -0.4 is 10.6 Å². The summed E-state index contributed by atoms with van der Waals surface area (Å²) in [5, 5.41) is 15.6. The van der Waals surface area contributed by atoms with E-state index in [4.69, 9.17) is 4.74 Å². The molecule has 1 saturated heterocycles. The summed E-state index contributed by atoms with van der Waals surface area (Å²) < 4.78 is 5.28. The summed E-state index contributed by atoms with van der Waals surface area (Å²) in [6, 6.07) is 15.7. The molecule has 0 radical (unpaired) electrons. The third-order valence-electron chi connectivity index (χ3n) is 7.68. The van der Waals surface area contributed by atoms with Crippen molar-refractivity contribution in [2.45, 2.75) is 76.5 Å². The fraction of sp³-hybridized carbons (Fsp3) is 0.516. The minimum Gasteiger partial charge on any atom is -0.393 e. The van der Waals surface area contributed by atoms with Gasteiger partial charge in [-0.05, 0) is 47.9 Å². The molecule has 1 aliphatic carbocycles. The minimum absolute atomic E-state index is 0.144. The summed E-state index contributed by atoms with van der Waals surface area (Å²) in [5.74, 6) is -0.504. The van der Waals surface area contributed by atoms with Crippen molar-refractivity contribution in [2.75, 3.05) is 13.2 Å². The van der Waals surface area contributed by atoms with E-state index in [1.54, 1.807) is 6.07 Å². The van der Waals surface area contributed by atoms with Crippen LogP contribution in [0, 0.1) is 11.8 Å². The second kappa shape index (κ2) is 12.7. The summed E-state index contributed by atoms with van der Waals surface area (Å²) in [6.07, 6.45) is 6.45. The summed E-state index contributed by atoms with van der Waals surface area (Å²) in [4.78, 5) is 40.2. The van der Waals surface area contributed by atoms with Gasteiger partial charge in [0.25, 0.3) is 5.91 Å². The van der Waals surface area contributed by atoms with Gasteiger partial charge in [-0.3, -0.25) is 14.4 Å². The van der Waals surface area contributed by atoms with E-state index in [1.165, 1.54) is 6.42 Å². The molecule has 1 heterocycles. The number of amides is 2. The topological polar surface area (TPSA) is 108 Å². The van der Waals surface area contributed by atoms with Gasteiger partial charge < -0.3 is 20.5 Å². The lowest BCUT2D eigenvalue weighted by molar-refractivity contribution is -0.133. The predicted molar refractivity (Wildman–Crippen MR) is 146 cm³/mol. The van der Waals surface area contributed by atoms with Crippen LogP contribution in [-0.4, -0.2) is 53.6 Å². The van der Waals surface area contributed by atoms with Gasteiger partial charge in [-0.15, -0.1) is 0 Å². The minimum atomic E-state index is -1.22. The van der Waals surface area contributed by atoms with Crippen LogP contribution >= 0.6 is 0 Å². The average Bonchev–Trinajstić information content (AvgIpc) is 3.74. The molecule has 2 aromatic carbocycles. The van der Waals surface area contributed by atoms with Crippen LogP contribution in [0.5, 0.6) is 0 Å². The number of hydrogen-bond acceptors (Lipinski definition) is 5. The second-order valence-corrected chi connectivity index (χ2v) is 11.2. The van der Waals surface area contributed by atoms with Gasteiger partial charge in [0.05, 0.1) is 19.3 Å². The number of benzene rings is 2. The number of aliphatic hydroxyl groups is 1. The number of aliphatic hydroxyl groups excluding tert-OH is 1. The number of Topliss-reactive ketones (excluding diaryl/α,β-unsaturated/α-hetero) is 1. The molecule has 2 aliphatic rings. The highest BCUT2D eigenvalue weighted by molar-refractivity contribution is 6.00. The first kappa shape index (κ1) is 28.0. The van der Waals surface area contributed by atoms with E-state index < -0.39 is 24.3 Å². The van der Waals surface area contributed by atoms with E-state index in [1.807, 2.05) is 62.4 Å². The van der Waals surface area contributed by atoms with E-state index in [0.29, 0.717) is 24.3 Å². The molecule has 0 aromatic heterocycles. The molecule has 7 nitrogen and oxygen atoms in total. The van der Waals surface area contributed by atoms with Gasteiger partial charge in [0.2, 0.25) is 5.91 Å². The zero-order chi connectivity index (χ0) is 27.1. The molecule has 38 heavy (non-hydrogen) atoms. The van der Waals surface area contributed by atoms with Crippen molar-refractivity contribution in [1.82, 2.24) is 10.6 Å². The molecular weight excluding hydrogens is 480 g/mol. The van der Waals surface area contributed by atoms with E-state index in [9.17, 15) is 19.5 Å². The summed E-state index contributed by atoms with van der Waals surface area (Å²) >= 11 is 0. The molecule has 204 valence electrons.